The molecular formula is C21H33NO3S. The van der Waals surface area contributed by atoms with Crippen LogP contribution >= 0.6 is 0 Å². The van der Waals surface area contributed by atoms with Crippen LogP contribution in [0.5, 0.6) is 0 Å². The van der Waals surface area contributed by atoms with Crippen molar-refractivity contribution in [1.29, 1.82) is 0 Å². The molecule has 1 saturated heterocycles. The van der Waals surface area contributed by atoms with Gasteiger partial charge in [0, 0.05) is 13.1 Å². The molecular weight excluding hydrogens is 346 g/mol. The Labute approximate surface area is 158 Å². The highest BCUT2D eigenvalue weighted by molar-refractivity contribution is 7.92. The molecule has 1 aliphatic heterocycles. The van der Waals surface area contributed by atoms with Crippen LogP contribution in [0.3, 0.4) is 0 Å². The maximum Gasteiger partial charge on any atom is 0.226 e. The third-order valence-corrected chi connectivity index (χ3v) is 8.05. The molecule has 0 saturated carbocycles. The summed E-state index contributed by atoms with van der Waals surface area (Å²) in [5.41, 5.74) is 2.36. The number of nitrogens with zero attached hydrogens (tertiary/aromatic N) is 1. The van der Waals surface area contributed by atoms with Gasteiger partial charge in [0.1, 0.15) is 0 Å². The van der Waals surface area contributed by atoms with Gasteiger partial charge in [0.25, 0.3) is 0 Å². The molecule has 5 heteroatoms. The van der Waals surface area contributed by atoms with Gasteiger partial charge >= 0.3 is 0 Å². The van der Waals surface area contributed by atoms with Crippen LogP contribution in [0.1, 0.15) is 58.1 Å². The van der Waals surface area contributed by atoms with E-state index in [-0.39, 0.29) is 17.6 Å². The third kappa shape index (κ3) is 5.57. The van der Waals surface area contributed by atoms with E-state index >= 15 is 0 Å². The maximum atomic E-state index is 12.5. The molecule has 0 atom stereocenters. The van der Waals surface area contributed by atoms with E-state index in [1.165, 1.54) is 5.56 Å². The molecule has 1 fully saturated rings. The summed E-state index contributed by atoms with van der Waals surface area (Å²) in [5, 5.41) is 0. The zero-order chi connectivity index (χ0) is 19.4. The molecule has 1 aromatic rings. The maximum absolute atomic E-state index is 12.5. The fourth-order valence-electron chi connectivity index (χ4n) is 3.31. The Bertz CT molecular complexity index is 694. The first-order chi connectivity index (χ1) is 12.1. The number of hydrogen-bond donors (Lipinski definition) is 0. The molecule has 0 spiro atoms. The summed E-state index contributed by atoms with van der Waals surface area (Å²) in [5.74, 6) is 0.541. The minimum Gasteiger partial charge on any atom is -0.342 e. The van der Waals surface area contributed by atoms with E-state index in [1.807, 2.05) is 17.0 Å². The van der Waals surface area contributed by atoms with Gasteiger partial charge in [-0.3, -0.25) is 4.79 Å². The molecule has 0 aromatic heterocycles. The highest BCUT2D eigenvalue weighted by Gasteiger charge is 2.33. The lowest BCUT2D eigenvalue weighted by molar-refractivity contribution is -0.131. The van der Waals surface area contributed by atoms with Crippen molar-refractivity contribution >= 4 is 15.7 Å². The molecule has 1 aromatic carbocycles. The molecule has 1 heterocycles. The van der Waals surface area contributed by atoms with Crippen molar-refractivity contribution in [2.75, 3.05) is 18.8 Å². The predicted octanol–water partition coefficient (Wildman–Crippen LogP) is 3.63. The minimum absolute atomic E-state index is 0.144. The van der Waals surface area contributed by atoms with Crippen LogP contribution in [-0.4, -0.2) is 42.8 Å². The summed E-state index contributed by atoms with van der Waals surface area (Å²) >= 11 is 0. The van der Waals surface area contributed by atoms with Crippen molar-refractivity contribution in [3.8, 4) is 0 Å². The lowest BCUT2D eigenvalue weighted by atomic mass is 9.98. The van der Waals surface area contributed by atoms with Gasteiger partial charge in [0.15, 0.2) is 9.84 Å². The molecule has 146 valence electrons. The van der Waals surface area contributed by atoms with Crippen molar-refractivity contribution in [3.05, 3.63) is 35.4 Å². The summed E-state index contributed by atoms with van der Waals surface area (Å²) in [4.78, 5) is 14.4. The topological polar surface area (TPSA) is 54.5 Å². The Hall–Kier alpha value is -1.36. The molecule has 0 radical (unpaired) electrons. The minimum atomic E-state index is -3.10. The van der Waals surface area contributed by atoms with Crippen LogP contribution in [0, 0.1) is 5.92 Å². The van der Waals surface area contributed by atoms with Gasteiger partial charge < -0.3 is 4.90 Å². The van der Waals surface area contributed by atoms with E-state index in [0.29, 0.717) is 19.5 Å². The van der Waals surface area contributed by atoms with E-state index in [1.54, 1.807) is 20.8 Å². The van der Waals surface area contributed by atoms with Gasteiger partial charge in [0.2, 0.25) is 5.91 Å². The van der Waals surface area contributed by atoms with Crippen LogP contribution < -0.4 is 0 Å². The lowest BCUT2D eigenvalue weighted by Crippen LogP contribution is -2.42. The molecule has 0 aliphatic carbocycles. The van der Waals surface area contributed by atoms with Crippen LogP contribution in [0.4, 0.5) is 0 Å². The zero-order valence-corrected chi connectivity index (χ0v) is 17.4. The van der Waals surface area contributed by atoms with Crippen molar-refractivity contribution < 1.29 is 13.2 Å². The predicted molar refractivity (Wildman–Crippen MR) is 107 cm³/mol. The fourth-order valence-corrected chi connectivity index (χ4v) is 4.76. The number of likely N-dealkylation sites (tertiary alicyclic amines) is 1. The molecule has 0 bridgehead atoms. The number of benzene rings is 1. The number of carbonyl (C=O) groups excluding carboxylic acids is 1. The van der Waals surface area contributed by atoms with Crippen LogP contribution in [-0.2, 0) is 27.5 Å². The second kappa shape index (κ2) is 8.55. The Morgan fingerprint density at radius 2 is 1.62 bits per heavy atom. The van der Waals surface area contributed by atoms with Gasteiger partial charge in [-0.05, 0) is 57.1 Å². The molecule has 2 rings (SSSR count). The molecule has 0 unspecified atom stereocenters. The fraction of sp³-hybridized carbons (Fsp3) is 0.667. The molecule has 26 heavy (non-hydrogen) atoms. The number of hydrogen-bond acceptors (Lipinski definition) is 3. The van der Waals surface area contributed by atoms with E-state index in [9.17, 15) is 13.2 Å². The number of rotatable bonds is 6. The Morgan fingerprint density at radius 3 is 2.12 bits per heavy atom. The largest absolute Gasteiger partial charge is 0.342 e. The zero-order valence-electron chi connectivity index (χ0n) is 16.6. The van der Waals surface area contributed by atoms with Crippen molar-refractivity contribution in [2.24, 2.45) is 5.92 Å². The summed E-state index contributed by atoms with van der Waals surface area (Å²) in [6, 6.07) is 8.31. The summed E-state index contributed by atoms with van der Waals surface area (Å²) in [6.45, 7) is 8.76. The van der Waals surface area contributed by atoms with Crippen LogP contribution in [0.2, 0.25) is 0 Å². The van der Waals surface area contributed by atoms with E-state index in [2.05, 4.69) is 19.1 Å². The van der Waals surface area contributed by atoms with Crippen molar-refractivity contribution in [1.82, 2.24) is 4.90 Å². The van der Waals surface area contributed by atoms with E-state index < -0.39 is 14.6 Å². The van der Waals surface area contributed by atoms with Gasteiger partial charge in [-0.15, -0.1) is 0 Å². The smallest absolute Gasteiger partial charge is 0.226 e. The standard InChI is InChI=1S/C21H33NO3S/c1-5-6-17-7-9-18(10-8-17)15-20(23)22-13-11-19(12-14-22)16-26(24,25)21(2,3)4/h7-10,19H,5-6,11-16H2,1-4H3. The lowest BCUT2D eigenvalue weighted by Gasteiger charge is -2.33. The van der Waals surface area contributed by atoms with Gasteiger partial charge in [-0.1, -0.05) is 37.6 Å². The Morgan fingerprint density at radius 1 is 1.08 bits per heavy atom. The Kier molecular flexibility index (Phi) is 6.89. The van der Waals surface area contributed by atoms with Crippen LogP contribution in [0.25, 0.3) is 0 Å². The normalized spacial score (nSPS) is 16.7. The highest BCUT2D eigenvalue weighted by Crippen LogP contribution is 2.25. The molecule has 4 nitrogen and oxygen atoms in total. The Balaban J connectivity index is 1.84. The van der Waals surface area contributed by atoms with Crippen molar-refractivity contribution in [2.45, 2.75) is 64.5 Å². The average Bonchev–Trinajstić information content (AvgIpc) is 2.56. The SMILES string of the molecule is CCCc1ccc(CC(=O)N2CCC(CS(=O)(=O)C(C)(C)C)CC2)cc1. The quantitative estimate of drug-likeness (QED) is 0.758. The number of aryl methyl sites for hydroxylation is 1. The highest BCUT2D eigenvalue weighted by atomic mass is 32.2. The van der Waals surface area contributed by atoms with Crippen LogP contribution in [0.15, 0.2) is 24.3 Å². The number of carbonyl (C=O) groups is 1. The average molecular weight is 380 g/mol. The first-order valence-electron chi connectivity index (χ1n) is 9.70. The molecule has 1 amide bonds. The van der Waals surface area contributed by atoms with E-state index in [0.717, 1.165) is 31.2 Å². The molecule has 1 aliphatic rings. The second-order valence-electron chi connectivity index (χ2n) is 8.46. The second-order valence-corrected chi connectivity index (χ2v) is 11.2. The summed E-state index contributed by atoms with van der Waals surface area (Å²) < 4.78 is 24.0. The number of piperidine rings is 1. The summed E-state index contributed by atoms with van der Waals surface area (Å²) in [7, 11) is -3.10. The van der Waals surface area contributed by atoms with Gasteiger partial charge in [-0.25, -0.2) is 8.42 Å². The third-order valence-electron chi connectivity index (χ3n) is 5.27. The number of sulfone groups is 1. The van der Waals surface area contributed by atoms with Gasteiger partial charge in [-0.2, -0.15) is 0 Å². The first-order valence-corrected chi connectivity index (χ1v) is 11.4. The summed E-state index contributed by atoms with van der Waals surface area (Å²) in [6.07, 6.45) is 4.17. The first kappa shape index (κ1) is 20.9. The van der Waals surface area contributed by atoms with Crippen molar-refractivity contribution in [3.63, 3.8) is 0 Å². The number of amides is 1. The monoisotopic (exact) mass is 379 g/mol. The van der Waals surface area contributed by atoms with Gasteiger partial charge in [0.05, 0.1) is 16.9 Å². The van der Waals surface area contributed by atoms with E-state index in [4.69, 9.17) is 0 Å². The molecule has 0 N–H and O–H groups in total.